The lowest BCUT2D eigenvalue weighted by molar-refractivity contribution is 0.249. The molecule has 2 nitrogen and oxygen atoms in total. The number of anilines is 1. The van der Waals surface area contributed by atoms with Gasteiger partial charge in [0.1, 0.15) is 5.15 Å². The van der Waals surface area contributed by atoms with Crippen LogP contribution in [0.5, 0.6) is 0 Å². The van der Waals surface area contributed by atoms with Crippen molar-refractivity contribution in [3.8, 4) is 0 Å². The lowest BCUT2D eigenvalue weighted by atomic mass is 9.75. The Morgan fingerprint density at radius 2 is 2.40 bits per heavy atom. The molecule has 1 N–H and O–H groups in total. The van der Waals surface area contributed by atoms with Crippen molar-refractivity contribution >= 4 is 28.1 Å². The second kappa shape index (κ2) is 4.30. The van der Waals surface area contributed by atoms with Gasteiger partial charge in [-0.3, -0.25) is 0 Å². The molecular weight excluding hydrogens is 228 g/mol. The molecule has 1 heterocycles. The Hall–Kier alpha value is -0.280. The number of thiazole rings is 1. The van der Waals surface area contributed by atoms with E-state index in [1.807, 2.05) is 5.38 Å². The van der Waals surface area contributed by atoms with E-state index in [2.05, 4.69) is 24.1 Å². The zero-order valence-corrected chi connectivity index (χ0v) is 10.8. The maximum absolute atomic E-state index is 5.82. The van der Waals surface area contributed by atoms with Crippen molar-refractivity contribution in [1.82, 2.24) is 4.98 Å². The van der Waals surface area contributed by atoms with E-state index in [1.165, 1.54) is 25.7 Å². The number of aromatic nitrogens is 1. The van der Waals surface area contributed by atoms with Gasteiger partial charge in [0.2, 0.25) is 0 Å². The van der Waals surface area contributed by atoms with Crippen LogP contribution < -0.4 is 5.32 Å². The van der Waals surface area contributed by atoms with Crippen molar-refractivity contribution in [2.45, 2.75) is 45.1 Å². The second-order valence-electron chi connectivity index (χ2n) is 4.66. The van der Waals surface area contributed by atoms with E-state index in [4.69, 9.17) is 11.6 Å². The first-order valence-electron chi connectivity index (χ1n) is 5.49. The zero-order valence-electron chi connectivity index (χ0n) is 9.22. The molecule has 1 aliphatic rings. The fraction of sp³-hybridized carbons (Fsp3) is 0.727. The van der Waals surface area contributed by atoms with Gasteiger partial charge in [-0.05, 0) is 25.7 Å². The summed E-state index contributed by atoms with van der Waals surface area (Å²) in [5, 5.41) is 6.97. The quantitative estimate of drug-likeness (QED) is 0.844. The maximum atomic E-state index is 5.82. The first kappa shape index (κ1) is 11.2. The van der Waals surface area contributed by atoms with E-state index in [9.17, 15) is 0 Å². The van der Waals surface area contributed by atoms with Gasteiger partial charge in [-0.1, -0.05) is 31.4 Å². The van der Waals surface area contributed by atoms with Crippen LogP contribution in [0, 0.1) is 5.92 Å². The predicted molar refractivity (Wildman–Crippen MR) is 66.8 cm³/mol. The monoisotopic (exact) mass is 244 g/mol. The van der Waals surface area contributed by atoms with E-state index in [1.54, 1.807) is 11.3 Å². The normalized spacial score (nSPS) is 31.5. The van der Waals surface area contributed by atoms with Gasteiger partial charge in [0, 0.05) is 10.9 Å². The highest BCUT2D eigenvalue weighted by molar-refractivity contribution is 7.14. The summed E-state index contributed by atoms with van der Waals surface area (Å²) in [4.78, 5) is 4.26. The SMILES string of the molecule is CC1CCCCC1(C)Nc1nc(Cl)cs1. The van der Waals surface area contributed by atoms with Crippen molar-refractivity contribution < 1.29 is 0 Å². The first-order valence-corrected chi connectivity index (χ1v) is 6.75. The predicted octanol–water partition coefficient (Wildman–Crippen LogP) is 4.18. The minimum Gasteiger partial charge on any atom is -0.356 e. The third kappa shape index (κ3) is 2.45. The molecule has 1 aliphatic carbocycles. The Labute approximate surface area is 100 Å². The minimum atomic E-state index is 0.194. The average molecular weight is 245 g/mol. The molecule has 1 saturated carbocycles. The van der Waals surface area contributed by atoms with Gasteiger partial charge in [0.05, 0.1) is 0 Å². The second-order valence-corrected chi connectivity index (χ2v) is 5.91. The first-order chi connectivity index (χ1) is 7.10. The molecule has 1 aromatic heterocycles. The number of hydrogen-bond donors (Lipinski definition) is 1. The molecule has 0 bridgehead atoms. The van der Waals surface area contributed by atoms with Crippen LogP contribution in [0.2, 0.25) is 5.15 Å². The molecule has 0 radical (unpaired) electrons. The Balaban J connectivity index is 2.08. The van der Waals surface area contributed by atoms with Gasteiger partial charge < -0.3 is 5.32 Å². The smallest absolute Gasteiger partial charge is 0.184 e. The van der Waals surface area contributed by atoms with E-state index in [-0.39, 0.29) is 5.54 Å². The molecule has 0 aliphatic heterocycles. The zero-order chi connectivity index (χ0) is 10.9. The molecule has 84 valence electrons. The largest absolute Gasteiger partial charge is 0.356 e. The molecule has 15 heavy (non-hydrogen) atoms. The lowest BCUT2D eigenvalue weighted by Gasteiger charge is -2.40. The summed E-state index contributed by atoms with van der Waals surface area (Å²) in [6.07, 6.45) is 5.21. The van der Waals surface area contributed by atoms with Gasteiger partial charge in [0.25, 0.3) is 0 Å². The fourth-order valence-corrected chi connectivity index (χ4v) is 3.22. The van der Waals surface area contributed by atoms with Crippen LogP contribution in [0.1, 0.15) is 39.5 Å². The number of hydrogen-bond acceptors (Lipinski definition) is 3. The van der Waals surface area contributed by atoms with Crippen LogP contribution in [0.15, 0.2) is 5.38 Å². The average Bonchev–Trinajstić information content (AvgIpc) is 2.57. The van der Waals surface area contributed by atoms with Crippen molar-refractivity contribution in [3.63, 3.8) is 0 Å². The summed E-state index contributed by atoms with van der Waals surface area (Å²) in [6.45, 7) is 4.62. The molecular formula is C11H17ClN2S. The molecule has 0 saturated heterocycles. The van der Waals surface area contributed by atoms with Crippen LogP contribution in [-0.4, -0.2) is 10.5 Å². The highest BCUT2D eigenvalue weighted by Crippen LogP contribution is 2.36. The van der Waals surface area contributed by atoms with Gasteiger partial charge in [-0.15, -0.1) is 11.3 Å². The third-order valence-electron chi connectivity index (χ3n) is 3.54. The molecule has 1 fully saturated rings. The Morgan fingerprint density at radius 1 is 1.60 bits per heavy atom. The summed E-state index contributed by atoms with van der Waals surface area (Å²) < 4.78 is 0. The summed E-state index contributed by atoms with van der Waals surface area (Å²) in [7, 11) is 0. The van der Waals surface area contributed by atoms with Crippen LogP contribution in [0.3, 0.4) is 0 Å². The molecule has 2 unspecified atom stereocenters. The molecule has 0 amide bonds. The van der Waals surface area contributed by atoms with E-state index in [0.29, 0.717) is 11.1 Å². The van der Waals surface area contributed by atoms with E-state index >= 15 is 0 Å². The summed E-state index contributed by atoms with van der Waals surface area (Å²) >= 11 is 7.41. The lowest BCUT2D eigenvalue weighted by Crippen LogP contribution is -2.43. The van der Waals surface area contributed by atoms with Gasteiger partial charge in [0.15, 0.2) is 5.13 Å². The Morgan fingerprint density at radius 3 is 3.00 bits per heavy atom. The van der Waals surface area contributed by atoms with Gasteiger partial charge in [-0.25, -0.2) is 4.98 Å². The van der Waals surface area contributed by atoms with E-state index in [0.717, 1.165) is 5.13 Å². The van der Waals surface area contributed by atoms with Crippen molar-refractivity contribution in [2.24, 2.45) is 5.92 Å². The van der Waals surface area contributed by atoms with Crippen LogP contribution in [0.4, 0.5) is 5.13 Å². The van der Waals surface area contributed by atoms with Crippen molar-refractivity contribution in [3.05, 3.63) is 10.5 Å². The van der Waals surface area contributed by atoms with Gasteiger partial charge >= 0.3 is 0 Å². The summed E-state index contributed by atoms with van der Waals surface area (Å²) in [5.41, 5.74) is 0.194. The van der Waals surface area contributed by atoms with Crippen molar-refractivity contribution in [2.75, 3.05) is 5.32 Å². The summed E-state index contributed by atoms with van der Waals surface area (Å²) in [5.74, 6) is 0.703. The van der Waals surface area contributed by atoms with Crippen LogP contribution in [0.25, 0.3) is 0 Å². The topological polar surface area (TPSA) is 24.9 Å². The Kier molecular flexibility index (Phi) is 3.21. The van der Waals surface area contributed by atoms with Crippen molar-refractivity contribution in [1.29, 1.82) is 0 Å². The Bertz CT molecular complexity index is 339. The third-order valence-corrected chi connectivity index (χ3v) is 4.62. The van der Waals surface area contributed by atoms with Crippen LogP contribution in [-0.2, 0) is 0 Å². The molecule has 1 aromatic rings. The van der Waals surface area contributed by atoms with Crippen LogP contribution >= 0.6 is 22.9 Å². The maximum Gasteiger partial charge on any atom is 0.184 e. The molecule has 2 rings (SSSR count). The minimum absolute atomic E-state index is 0.194. The number of rotatable bonds is 2. The highest BCUT2D eigenvalue weighted by atomic mass is 35.5. The number of halogens is 1. The number of nitrogens with zero attached hydrogens (tertiary/aromatic N) is 1. The number of nitrogens with one attached hydrogen (secondary N) is 1. The van der Waals surface area contributed by atoms with Gasteiger partial charge in [-0.2, -0.15) is 0 Å². The molecule has 0 spiro atoms. The molecule has 0 aromatic carbocycles. The standard InChI is InChI=1S/C11H17ClN2S/c1-8-5-3-4-6-11(8,2)14-10-13-9(12)7-15-10/h7-8H,3-6H2,1-2H3,(H,13,14). The fourth-order valence-electron chi connectivity index (χ4n) is 2.25. The highest BCUT2D eigenvalue weighted by Gasteiger charge is 2.33. The molecule has 4 heteroatoms. The summed E-state index contributed by atoms with van der Waals surface area (Å²) in [6, 6.07) is 0. The molecule has 2 atom stereocenters. The van der Waals surface area contributed by atoms with E-state index < -0.39 is 0 Å².